The fourth-order valence-electron chi connectivity index (χ4n) is 4.30. The minimum absolute atomic E-state index is 0.692. The van der Waals surface area contributed by atoms with E-state index in [2.05, 4.69) is 36.4 Å². The van der Waals surface area contributed by atoms with Crippen LogP contribution in [0.1, 0.15) is 22.3 Å². The number of aromatic nitrogens is 2. The van der Waals surface area contributed by atoms with Gasteiger partial charge < -0.3 is 10.4 Å². The predicted molar refractivity (Wildman–Crippen MR) is 116 cm³/mol. The van der Waals surface area contributed by atoms with Crippen LogP contribution in [0.15, 0.2) is 85.2 Å². The van der Waals surface area contributed by atoms with Crippen LogP contribution in [0, 0.1) is 10.4 Å². The number of rotatable bonds is 2. The third-order valence-corrected chi connectivity index (χ3v) is 5.91. The molecule has 0 spiro atoms. The molecule has 8 rings (SSSR count). The van der Waals surface area contributed by atoms with Gasteiger partial charge in [0.15, 0.2) is 12.4 Å². The summed E-state index contributed by atoms with van der Waals surface area (Å²) in [5, 5.41) is 24.8. The highest BCUT2D eigenvalue weighted by Gasteiger charge is 2.18. The first-order chi connectivity index (χ1) is 14.7. The number of nitrogens with zero attached hydrogens (tertiary/aromatic N) is 2. The van der Waals surface area contributed by atoms with Crippen LogP contribution in [0.2, 0.25) is 0 Å². The van der Waals surface area contributed by atoms with Crippen molar-refractivity contribution in [2.24, 2.45) is 0 Å². The van der Waals surface area contributed by atoms with Crippen molar-refractivity contribution in [1.82, 2.24) is 0 Å². The Bertz CT molecular complexity index is 1140. The highest BCUT2D eigenvalue weighted by molar-refractivity contribution is 5.65. The summed E-state index contributed by atoms with van der Waals surface area (Å²) >= 11 is 0. The average molecular weight is 394 g/mol. The molecule has 4 aromatic rings. The van der Waals surface area contributed by atoms with Crippen molar-refractivity contribution in [3.63, 3.8) is 0 Å². The predicted octanol–water partition coefficient (Wildman–Crippen LogP) is 4.17. The summed E-state index contributed by atoms with van der Waals surface area (Å²) < 4.78 is 1.89. The van der Waals surface area contributed by atoms with E-state index >= 15 is 0 Å². The topological polar surface area (TPSA) is 53.9 Å². The molecule has 0 aliphatic heterocycles. The lowest BCUT2D eigenvalue weighted by atomic mass is 9.89. The maximum atomic E-state index is 12.4. The molecular weight excluding hydrogens is 372 g/mol. The molecule has 0 atom stereocenters. The van der Waals surface area contributed by atoms with Gasteiger partial charge in [-0.1, -0.05) is 24.3 Å². The molecule has 2 aromatic carbocycles. The van der Waals surface area contributed by atoms with Crippen molar-refractivity contribution in [3.05, 3.63) is 118 Å². The molecule has 4 aliphatic rings. The van der Waals surface area contributed by atoms with E-state index in [1.807, 2.05) is 24.3 Å². The number of pyridine rings is 2. The van der Waals surface area contributed by atoms with Gasteiger partial charge in [0.05, 0.1) is 11.1 Å². The highest BCUT2D eigenvalue weighted by atomic mass is 16.5. The van der Waals surface area contributed by atoms with Crippen LogP contribution in [-0.4, -0.2) is 0 Å². The molecule has 2 aromatic heterocycles. The van der Waals surface area contributed by atoms with Crippen molar-refractivity contribution in [1.29, 1.82) is 0 Å². The second kappa shape index (κ2) is 7.64. The SMILES string of the molecule is [O-][n+]1ccccc1-c1cc2ccc1CCc1ccc(c(-c3cccc[n+]3[O-])c1)CC2. The van der Waals surface area contributed by atoms with Gasteiger partial charge in [0.25, 0.3) is 0 Å². The van der Waals surface area contributed by atoms with E-state index in [-0.39, 0.29) is 0 Å². The van der Waals surface area contributed by atoms with Gasteiger partial charge >= 0.3 is 0 Å². The first-order valence-corrected chi connectivity index (χ1v) is 10.3. The van der Waals surface area contributed by atoms with Crippen LogP contribution in [0.25, 0.3) is 22.5 Å². The number of hydrogen-bond acceptors (Lipinski definition) is 2. The maximum Gasteiger partial charge on any atom is 0.224 e. The standard InChI is InChI=1S/C26H22N2O2/c29-27-15-3-1-5-25(27)23-17-19-7-11-21(23)13-9-20-8-12-22(14-10-19)24(18-20)26-6-2-4-16-28(26)30/h1-8,11-12,15-18H,9-10,13-14H2. The lowest BCUT2D eigenvalue weighted by Crippen LogP contribution is -2.28. The molecule has 2 heterocycles. The highest BCUT2D eigenvalue weighted by Crippen LogP contribution is 2.29. The van der Waals surface area contributed by atoms with Crippen LogP contribution in [0.4, 0.5) is 0 Å². The molecule has 0 saturated carbocycles. The lowest BCUT2D eigenvalue weighted by Gasteiger charge is -2.16. The molecule has 0 N–H and O–H groups in total. The van der Waals surface area contributed by atoms with Gasteiger partial charge in [-0.2, -0.15) is 9.46 Å². The Morgan fingerprint density at radius 2 is 1.00 bits per heavy atom. The van der Waals surface area contributed by atoms with Crippen LogP contribution in [-0.2, 0) is 25.7 Å². The monoisotopic (exact) mass is 394 g/mol. The molecule has 4 bridgehead atoms. The summed E-state index contributed by atoms with van der Waals surface area (Å²) in [4.78, 5) is 0. The molecule has 30 heavy (non-hydrogen) atoms. The third-order valence-electron chi connectivity index (χ3n) is 5.91. The van der Waals surface area contributed by atoms with Gasteiger partial charge in [0, 0.05) is 24.3 Å². The molecular formula is C26H22N2O2. The summed E-state index contributed by atoms with van der Waals surface area (Å²) in [5.74, 6) is 0. The van der Waals surface area contributed by atoms with Crippen molar-refractivity contribution in [2.45, 2.75) is 25.7 Å². The smallest absolute Gasteiger partial charge is 0.224 e. The normalized spacial score (nSPS) is 13.1. The zero-order valence-electron chi connectivity index (χ0n) is 16.6. The van der Waals surface area contributed by atoms with Crippen molar-refractivity contribution in [2.75, 3.05) is 0 Å². The van der Waals surface area contributed by atoms with E-state index in [1.54, 1.807) is 24.5 Å². The van der Waals surface area contributed by atoms with E-state index in [4.69, 9.17) is 0 Å². The maximum absolute atomic E-state index is 12.4. The summed E-state index contributed by atoms with van der Waals surface area (Å²) in [5.41, 5.74) is 8.12. The van der Waals surface area contributed by atoms with Crippen molar-refractivity contribution < 1.29 is 9.46 Å². The minimum Gasteiger partial charge on any atom is -0.618 e. The van der Waals surface area contributed by atoms with Crippen LogP contribution in [0.3, 0.4) is 0 Å². The molecule has 0 unspecified atom stereocenters. The average Bonchev–Trinajstić information content (AvgIpc) is 2.76. The molecule has 0 fully saturated rings. The van der Waals surface area contributed by atoms with Crippen LogP contribution >= 0.6 is 0 Å². The Hall–Kier alpha value is -3.66. The molecule has 0 saturated heterocycles. The second-order valence-corrected chi connectivity index (χ2v) is 7.81. The van der Waals surface area contributed by atoms with Crippen molar-refractivity contribution >= 4 is 0 Å². The Balaban J connectivity index is 1.59. The second-order valence-electron chi connectivity index (χ2n) is 7.81. The van der Waals surface area contributed by atoms with E-state index in [9.17, 15) is 10.4 Å². The molecule has 0 radical (unpaired) electrons. The van der Waals surface area contributed by atoms with E-state index < -0.39 is 0 Å². The van der Waals surface area contributed by atoms with E-state index in [1.165, 1.54) is 22.3 Å². The number of hydrogen-bond donors (Lipinski definition) is 0. The Kier molecular flexibility index (Phi) is 4.68. The molecule has 4 nitrogen and oxygen atoms in total. The summed E-state index contributed by atoms with van der Waals surface area (Å²) in [7, 11) is 0. The molecule has 148 valence electrons. The third kappa shape index (κ3) is 3.41. The molecule has 0 amide bonds. The van der Waals surface area contributed by atoms with Gasteiger partial charge in [-0.15, -0.1) is 0 Å². The van der Waals surface area contributed by atoms with Gasteiger partial charge in [0.2, 0.25) is 11.4 Å². The van der Waals surface area contributed by atoms with E-state index in [0.29, 0.717) is 11.4 Å². The summed E-state index contributed by atoms with van der Waals surface area (Å²) in [6.45, 7) is 0. The molecule has 4 aliphatic carbocycles. The Labute approximate surface area is 175 Å². The van der Waals surface area contributed by atoms with Crippen molar-refractivity contribution in [3.8, 4) is 22.5 Å². The Morgan fingerprint density at radius 1 is 0.533 bits per heavy atom. The first kappa shape index (κ1) is 18.4. The minimum atomic E-state index is 0.692. The fraction of sp³-hybridized carbons (Fsp3) is 0.154. The zero-order valence-corrected chi connectivity index (χ0v) is 16.6. The van der Waals surface area contributed by atoms with E-state index in [0.717, 1.165) is 46.3 Å². The van der Waals surface area contributed by atoms with Crippen LogP contribution in [0.5, 0.6) is 0 Å². The quantitative estimate of drug-likeness (QED) is 0.378. The fourth-order valence-corrected chi connectivity index (χ4v) is 4.30. The number of benzene rings is 2. The summed E-state index contributed by atoms with van der Waals surface area (Å²) in [6, 6.07) is 24.1. The largest absolute Gasteiger partial charge is 0.618 e. The zero-order chi connectivity index (χ0) is 20.5. The van der Waals surface area contributed by atoms with Gasteiger partial charge in [-0.05, 0) is 72.2 Å². The van der Waals surface area contributed by atoms with Gasteiger partial charge in [-0.25, -0.2) is 0 Å². The lowest BCUT2D eigenvalue weighted by molar-refractivity contribution is -0.593. The number of aryl methyl sites for hydroxylation is 4. The molecule has 4 heteroatoms. The Morgan fingerprint density at radius 3 is 1.43 bits per heavy atom. The first-order valence-electron chi connectivity index (χ1n) is 10.3. The van der Waals surface area contributed by atoms with Gasteiger partial charge in [-0.3, -0.25) is 0 Å². The van der Waals surface area contributed by atoms with Gasteiger partial charge in [0.1, 0.15) is 0 Å². The summed E-state index contributed by atoms with van der Waals surface area (Å²) in [6.07, 6.45) is 6.45. The van der Waals surface area contributed by atoms with Crippen LogP contribution < -0.4 is 9.46 Å².